The highest BCUT2D eigenvalue weighted by molar-refractivity contribution is 6.32. The Morgan fingerprint density at radius 3 is 2.88 bits per heavy atom. The summed E-state index contributed by atoms with van der Waals surface area (Å²) in [6, 6.07) is 1.28. The second-order valence-electron chi connectivity index (χ2n) is 3.67. The lowest BCUT2D eigenvalue weighted by Gasteiger charge is -2.24. The van der Waals surface area contributed by atoms with Crippen LogP contribution in [0, 0.1) is 0 Å². The number of halogens is 1. The molecule has 0 saturated heterocycles. The predicted octanol–water partition coefficient (Wildman–Crippen LogP) is 1.53. The second-order valence-corrected chi connectivity index (χ2v) is 4.01. The quantitative estimate of drug-likeness (QED) is 0.371. The number of hydrogen-bond acceptors (Lipinski definition) is 4. The number of carbonyl (C=O) groups excluding carboxylic acids is 1. The molecule has 0 fully saturated rings. The first kappa shape index (κ1) is 13.4. The van der Waals surface area contributed by atoms with E-state index in [4.69, 9.17) is 27.0 Å². The van der Waals surface area contributed by atoms with Crippen LogP contribution < -0.4 is 5.73 Å². The van der Waals surface area contributed by atoms with Crippen LogP contribution in [0.4, 0.5) is 0 Å². The maximum Gasteiger partial charge on any atom is 0.258 e. The highest BCUT2D eigenvalue weighted by Crippen LogP contribution is 2.19. The Morgan fingerprint density at radius 1 is 1.76 bits per heavy atom. The van der Waals surface area contributed by atoms with Crippen LogP contribution in [0.15, 0.2) is 21.9 Å². The zero-order chi connectivity index (χ0) is 13.0. The number of furan rings is 1. The summed E-state index contributed by atoms with van der Waals surface area (Å²) in [6.45, 7) is 1.78. The predicted molar refractivity (Wildman–Crippen MR) is 63.3 cm³/mol. The van der Waals surface area contributed by atoms with Crippen molar-refractivity contribution in [2.45, 2.75) is 19.4 Å². The van der Waals surface area contributed by atoms with E-state index in [0.29, 0.717) is 5.56 Å². The molecule has 0 bridgehead atoms. The van der Waals surface area contributed by atoms with E-state index in [9.17, 15) is 4.79 Å². The Balaban J connectivity index is 2.73. The van der Waals surface area contributed by atoms with Crippen molar-refractivity contribution in [2.75, 3.05) is 7.05 Å². The van der Waals surface area contributed by atoms with Gasteiger partial charge in [-0.05, 0) is 24.6 Å². The Hall–Kier alpha value is -1.69. The lowest BCUT2D eigenvalue weighted by molar-refractivity contribution is 0.0746. The normalized spacial score (nSPS) is 13.5. The molecule has 6 nitrogen and oxygen atoms in total. The van der Waals surface area contributed by atoms with Crippen molar-refractivity contribution in [1.29, 1.82) is 0 Å². The van der Waals surface area contributed by atoms with Gasteiger partial charge in [0, 0.05) is 19.5 Å². The van der Waals surface area contributed by atoms with Crippen LogP contribution in [0.1, 0.15) is 23.7 Å². The SMILES string of the molecule is CC(C/C(N)=N/O)N(C)C(=O)c1ccoc1Cl. The second kappa shape index (κ2) is 5.58. The molecule has 0 aliphatic heterocycles. The Labute approximate surface area is 104 Å². The van der Waals surface area contributed by atoms with E-state index in [0.717, 1.165) is 0 Å². The molecule has 1 rings (SSSR count). The molecule has 1 aromatic heterocycles. The summed E-state index contributed by atoms with van der Waals surface area (Å²) in [5.41, 5.74) is 5.67. The van der Waals surface area contributed by atoms with Gasteiger partial charge in [0.1, 0.15) is 5.84 Å². The van der Waals surface area contributed by atoms with E-state index >= 15 is 0 Å². The maximum atomic E-state index is 12.0. The van der Waals surface area contributed by atoms with Crippen LogP contribution in [0.25, 0.3) is 0 Å². The number of carbonyl (C=O) groups is 1. The molecule has 94 valence electrons. The van der Waals surface area contributed by atoms with Gasteiger partial charge >= 0.3 is 0 Å². The van der Waals surface area contributed by atoms with Crippen LogP contribution in [0.2, 0.25) is 5.22 Å². The molecular weight excluding hydrogens is 246 g/mol. The summed E-state index contributed by atoms with van der Waals surface area (Å²) in [6.07, 6.45) is 1.62. The number of amides is 1. The topological polar surface area (TPSA) is 92.1 Å². The molecule has 17 heavy (non-hydrogen) atoms. The summed E-state index contributed by atoms with van der Waals surface area (Å²) in [5, 5.41) is 11.4. The molecule has 1 heterocycles. The van der Waals surface area contributed by atoms with Crippen molar-refractivity contribution >= 4 is 23.3 Å². The molecule has 0 aliphatic rings. The number of oxime groups is 1. The summed E-state index contributed by atoms with van der Waals surface area (Å²) < 4.78 is 4.85. The summed E-state index contributed by atoms with van der Waals surface area (Å²) in [5.74, 6) is -0.211. The Kier molecular flexibility index (Phi) is 4.39. The van der Waals surface area contributed by atoms with Gasteiger partial charge in [-0.25, -0.2) is 0 Å². The monoisotopic (exact) mass is 259 g/mol. The molecule has 0 aromatic carbocycles. The van der Waals surface area contributed by atoms with Crippen LogP contribution in [0.3, 0.4) is 0 Å². The van der Waals surface area contributed by atoms with Gasteiger partial charge in [-0.2, -0.15) is 0 Å². The average Bonchev–Trinajstić information content (AvgIpc) is 2.73. The highest BCUT2D eigenvalue weighted by Gasteiger charge is 2.22. The molecule has 0 aliphatic carbocycles. The van der Waals surface area contributed by atoms with Gasteiger partial charge in [0.15, 0.2) is 0 Å². The third kappa shape index (κ3) is 3.13. The summed E-state index contributed by atoms with van der Waals surface area (Å²) in [4.78, 5) is 13.4. The van der Waals surface area contributed by atoms with Crippen molar-refractivity contribution in [1.82, 2.24) is 4.90 Å². The fourth-order valence-corrected chi connectivity index (χ4v) is 1.51. The molecule has 0 spiro atoms. The first-order valence-corrected chi connectivity index (χ1v) is 5.31. The lowest BCUT2D eigenvalue weighted by atomic mass is 10.2. The summed E-state index contributed by atoms with van der Waals surface area (Å²) >= 11 is 5.71. The molecule has 1 unspecified atom stereocenters. The molecule has 3 N–H and O–H groups in total. The van der Waals surface area contributed by atoms with Crippen molar-refractivity contribution in [3.8, 4) is 0 Å². The number of hydrogen-bond donors (Lipinski definition) is 2. The van der Waals surface area contributed by atoms with E-state index in [1.165, 1.54) is 17.2 Å². The van der Waals surface area contributed by atoms with Gasteiger partial charge in [-0.15, -0.1) is 0 Å². The number of amidine groups is 1. The first-order chi connectivity index (χ1) is 7.97. The fourth-order valence-electron chi connectivity index (χ4n) is 1.32. The van der Waals surface area contributed by atoms with E-state index in [-0.39, 0.29) is 29.4 Å². The Morgan fingerprint density at radius 2 is 2.41 bits per heavy atom. The van der Waals surface area contributed by atoms with Crippen molar-refractivity contribution in [3.63, 3.8) is 0 Å². The van der Waals surface area contributed by atoms with Crippen LogP contribution >= 0.6 is 11.6 Å². The van der Waals surface area contributed by atoms with E-state index in [2.05, 4.69) is 5.16 Å². The lowest BCUT2D eigenvalue weighted by Crippen LogP contribution is -2.37. The van der Waals surface area contributed by atoms with Gasteiger partial charge in [-0.1, -0.05) is 5.16 Å². The first-order valence-electron chi connectivity index (χ1n) is 4.94. The number of rotatable bonds is 4. The van der Waals surface area contributed by atoms with Gasteiger partial charge in [0.2, 0.25) is 5.22 Å². The van der Waals surface area contributed by atoms with E-state index in [1.807, 2.05) is 0 Å². The molecule has 7 heteroatoms. The van der Waals surface area contributed by atoms with E-state index < -0.39 is 0 Å². The van der Waals surface area contributed by atoms with Crippen molar-refractivity contribution in [2.24, 2.45) is 10.9 Å². The minimum absolute atomic E-state index is 0.0536. The number of nitrogens with zero attached hydrogens (tertiary/aromatic N) is 2. The summed E-state index contributed by atoms with van der Waals surface area (Å²) in [7, 11) is 1.61. The fraction of sp³-hybridized carbons (Fsp3) is 0.400. The minimum Gasteiger partial charge on any atom is -0.452 e. The zero-order valence-electron chi connectivity index (χ0n) is 9.55. The third-order valence-corrected chi connectivity index (χ3v) is 2.76. The van der Waals surface area contributed by atoms with Gasteiger partial charge < -0.3 is 20.3 Å². The van der Waals surface area contributed by atoms with Crippen molar-refractivity contribution < 1.29 is 14.4 Å². The van der Waals surface area contributed by atoms with E-state index in [1.54, 1.807) is 14.0 Å². The Bertz CT molecular complexity index is 430. The number of nitrogens with two attached hydrogens (primary N) is 1. The smallest absolute Gasteiger partial charge is 0.258 e. The van der Waals surface area contributed by atoms with Crippen LogP contribution in [-0.2, 0) is 0 Å². The van der Waals surface area contributed by atoms with Crippen LogP contribution in [-0.4, -0.2) is 34.9 Å². The molecule has 1 aromatic rings. The molecule has 0 saturated carbocycles. The third-order valence-electron chi connectivity index (χ3n) is 2.46. The molecule has 1 amide bonds. The van der Waals surface area contributed by atoms with Crippen LogP contribution in [0.5, 0.6) is 0 Å². The van der Waals surface area contributed by atoms with Gasteiger partial charge in [-0.3, -0.25) is 4.79 Å². The molecular formula is C10H14ClN3O3. The highest BCUT2D eigenvalue weighted by atomic mass is 35.5. The van der Waals surface area contributed by atoms with Crippen molar-refractivity contribution in [3.05, 3.63) is 23.1 Å². The minimum atomic E-state index is -0.276. The standard InChI is InChI=1S/C10H14ClN3O3/c1-6(5-8(12)13-16)14(2)10(15)7-3-4-17-9(7)11/h3-4,6,16H,5H2,1-2H3,(H2,12,13). The van der Waals surface area contributed by atoms with Gasteiger partial charge in [0.25, 0.3) is 5.91 Å². The largest absolute Gasteiger partial charge is 0.452 e. The molecule has 0 radical (unpaired) electrons. The average molecular weight is 260 g/mol. The zero-order valence-corrected chi connectivity index (χ0v) is 10.3. The maximum absolute atomic E-state index is 12.0. The van der Waals surface area contributed by atoms with Gasteiger partial charge in [0.05, 0.1) is 11.8 Å². The molecule has 1 atom stereocenters.